The molecule has 0 saturated heterocycles. The molecular formula is C32H34ClN3O5S. The van der Waals surface area contributed by atoms with Crippen LogP contribution in [0, 0.1) is 11.8 Å². The highest BCUT2D eigenvalue weighted by Crippen LogP contribution is 2.39. The van der Waals surface area contributed by atoms with Gasteiger partial charge in [0.25, 0.3) is 15.9 Å². The molecule has 2 aliphatic heterocycles. The first kappa shape index (κ1) is 28.6. The lowest BCUT2D eigenvalue weighted by Crippen LogP contribution is -2.44. The van der Waals surface area contributed by atoms with Gasteiger partial charge in [-0.25, -0.2) is 13.1 Å². The van der Waals surface area contributed by atoms with Crippen LogP contribution in [0.5, 0.6) is 5.75 Å². The van der Waals surface area contributed by atoms with Crippen LogP contribution in [0.1, 0.15) is 52.7 Å². The fourth-order valence-electron chi connectivity index (χ4n) is 6.09. The predicted octanol–water partition coefficient (Wildman–Crippen LogP) is 4.88. The first-order valence-corrected chi connectivity index (χ1v) is 16.3. The summed E-state index contributed by atoms with van der Waals surface area (Å²) in [6, 6.07) is 17.4. The van der Waals surface area contributed by atoms with Crippen LogP contribution < -0.4 is 19.7 Å². The molecule has 0 aromatic heterocycles. The van der Waals surface area contributed by atoms with Crippen LogP contribution in [-0.2, 0) is 34.3 Å². The maximum atomic E-state index is 13.4. The predicted molar refractivity (Wildman–Crippen MR) is 161 cm³/mol. The Labute approximate surface area is 251 Å². The molecule has 2 atom stereocenters. The van der Waals surface area contributed by atoms with Gasteiger partial charge in [0, 0.05) is 30.2 Å². The molecule has 1 aliphatic carbocycles. The van der Waals surface area contributed by atoms with E-state index >= 15 is 0 Å². The van der Waals surface area contributed by atoms with Crippen LogP contribution in [-0.4, -0.2) is 39.9 Å². The van der Waals surface area contributed by atoms with Gasteiger partial charge in [0.2, 0.25) is 5.91 Å². The number of amides is 2. The van der Waals surface area contributed by atoms with Crippen molar-refractivity contribution in [2.45, 2.75) is 50.0 Å². The second-order valence-electron chi connectivity index (χ2n) is 11.4. The zero-order valence-corrected chi connectivity index (χ0v) is 24.8. The van der Waals surface area contributed by atoms with E-state index in [0.29, 0.717) is 65.7 Å². The van der Waals surface area contributed by atoms with Crippen LogP contribution >= 0.6 is 11.6 Å². The summed E-state index contributed by atoms with van der Waals surface area (Å²) in [6.45, 7) is 2.31. The second-order valence-corrected chi connectivity index (χ2v) is 13.6. The van der Waals surface area contributed by atoms with E-state index in [-0.39, 0.29) is 17.2 Å². The van der Waals surface area contributed by atoms with Gasteiger partial charge in [-0.2, -0.15) is 0 Å². The minimum absolute atomic E-state index is 0.00493. The molecule has 2 heterocycles. The Balaban J connectivity index is 1.38. The highest BCUT2D eigenvalue weighted by molar-refractivity contribution is 7.90. The smallest absolute Gasteiger partial charge is 0.264 e. The van der Waals surface area contributed by atoms with Crippen LogP contribution in [0.25, 0.3) is 0 Å². The topological polar surface area (TPSA) is 105 Å². The first-order valence-electron chi connectivity index (χ1n) is 14.5. The zero-order valence-electron chi connectivity index (χ0n) is 23.3. The van der Waals surface area contributed by atoms with Gasteiger partial charge in [0.15, 0.2) is 0 Å². The van der Waals surface area contributed by atoms with Gasteiger partial charge < -0.3 is 15.0 Å². The Kier molecular flexibility index (Phi) is 8.14. The van der Waals surface area contributed by atoms with Crippen LogP contribution in [0.4, 0.5) is 5.69 Å². The van der Waals surface area contributed by atoms with E-state index in [1.54, 1.807) is 36.4 Å². The van der Waals surface area contributed by atoms with Gasteiger partial charge >= 0.3 is 0 Å². The molecule has 1 fully saturated rings. The number of sulfonamides is 1. The Bertz CT molecular complexity index is 1630. The van der Waals surface area contributed by atoms with Gasteiger partial charge in [-0.1, -0.05) is 29.8 Å². The van der Waals surface area contributed by atoms with E-state index in [9.17, 15) is 18.0 Å². The average Bonchev–Trinajstić information content (AvgIpc) is 2.97. The van der Waals surface area contributed by atoms with Gasteiger partial charge in [0.1, 0.15) is 12.4 Å². The zero-order chi connectivity index (χ0) is 29.3. The fourth-order valence-corrected chi connectivity index (χ4v) is 7.29. The minimum Gasteiger partial charge on any atom is -0.487 e. The first-order chi connectivity index (χ1) is 20.2. The standard InChI is InChI=1S/C32H34ClN3O5S/c33-27-10-9-26-20-41-30-12-11-28-17-29(30)36(13-2-1-5-22(26)16-27)19-25-8-7-24(25)18-34-32(38)23-6-3-4-21(14-23)15-31(37)35-42(28,39)40/h3-4,6,9-12,14,16-17,24-25H,1-2,5,7-8,13,15,18-20H2,(H,34,38)(H,35,37)/t24-,25-/m0/s1. The monoisotopic (exact) mass is 607 g/mol. The van der Waals surface area contributed by atoms with Gasteiger partial charge in [-0.05, 0) is 103 Å². The molecule has 220 valence electrons. The lowest BCUT2D eigenvalue weighted by Gasteiger charge is -2.41. The van der Waals surface area contributed by atoms with E-state index in [2.05, 4.69) is 14.9 Å². The van der Waals surface area contributed by atoms with Crippen LogP contribution in [0.2, 0.25) is 5.02 Å². The summed E-state index contributed by atoms with van der Waals surface area (Å²) >= 11 is 6.29. The number of hydrogen-bond acceptors (Lipinski definition) is 6. The Morgan fingerprint density at radius 1 is 0.929 bits per heavy atom. The van der Waals surface area contributed by atoms with E-state index in [1.165, 1.54) is 6.07 Å². The Hall–Kier alpha value is -3.56. The summed E-state index contributed by atoms with van der Waals surface area (Å²) in [5.74, 6) is 0.367. The van der Waals surface area contributed by atoms with Crippen molar-refractivity contribution in [1.29, 1.82) is 0 Å². The van der Waals surface area contributed by atoms with Crippen molar-refractivity contribution in [3.8, 4) is 5.75 Å². The maximum absolute atomic E-state index is 13.4. The van der Waals surface area contributed by atoms with Crippen molar-refractivity contribution >= 4 is 39.1 Å². The molecule has 0 radical (unpaired) electrons. The van der Waals surface area contributed by atoms with E-state index in [4.69, 9.17) is 16.3 Å². The highest BCUT2D eigenvalue weighted by Gasteiger charge is 2.34. The number of ether oxygens (including phenoxy) is 1. The number of carbonyl (C=O) groups excluding carboxylic acids is 2. The molecule has 0 spiro atoms. The lowest BCUT2D eigenvalue weighted by molar-refractivity contribution is -0.118. The highest BCUT2D eigenvalue weighted by atomic mass is 35.5. The molecule has 2 N–H and O–H groups in total. The number of benzene rings is 3. The summed E-state index contributed by atoms with van der Waals surface area (Å²) < 4.78 is 35.4. The van der Waals surface area contributed by atoms with E-state index < -0.39 is 15.9 Å². The molecule has 0 unspecified atom stereocenters. The van der Waals surface area contributed by atoms with Crippen molar-refractivity contribution in [3.05, 3.63) is 87.9 Å². The fraction of sp³-hybridized carbons (Fsp3) is 0.375. The summed E-state index contributed by atoms with van der Waals surface area (Å²) in [6.07, 6.45) is 4.58. The van der Waals surface area contributed by atoms with Crippen molar-refractivity contribution in [3.63, 3.8) is 0 Å². The van der Waals surface area contributed by atoms with E-state index in [0.717, 1.165) is 43.2 Å². The molecule has 2 amide bonds. The van der Waals surface area contributed by atoms with Crippen LogP contribution in [0.3, 0.4) is 0 Å². The largest absolute Gasteiger partial charge is 0.487 e. The molecular weight excluding hydrogens is 574 g/mol. The minimum atomic E-state index is -4.16. The number of hydrogen-bond donors (Lipinski definition) is 2. The Morgan fingerprint density at radius 3 is 2.62 bits per heavy atom. The third-order valence-corrected chi connectivity index (χ3v) is 10.2. The number of rotatable bonds is 0. The molecule has 42 heavy (non-hydrogen) atoms. The second kappa shape index (κ2) is 12.0. The lowest BCUT2D eigenvalue weighted by atomic mass is 9.73. The summed E-state index contributed by atoms with van der Waals surface area (Å²) in [4.78, 5) is 28.0. The third-order valence-electron chi connectivity index (χ3n) is 8.61. The molecule has 10 heteroatoms. The molecule has 8 nitrogen and oxygen atoms in total. The number of nitrogens with one attached hydrogen (secondary N) is 2. The van der Waals surface area contributed by atoms with E-state index in [1.807, 2.05) is 18.2 Å². The molecule has 6 rings (SSSR count). The quantitative estimate of drug-likeness (QED) is 0.378. The van der Waals surface area contributed by atoms with Crippen molar-refractivity contribution in [2.75, 3.05) is 24.5 Å². The van der Waals surface area contributed by atoms with Gasteiger partial charge in [-0.15, -0.1) is 0 Å². The number of aryl methyl sites for hydroxylation is 1. The molecule has 4 bridgehead atoms. The molecule has 3 aromatic rings. The van der Waals surface area contributed by atoms with Crippen molar-refractivity contribution in [2.24, 2.45) is 11.8 Å². The number of fused-ring (bicyclic) bond motifs is 5. The number of anilines is 1. The van der Waals surface area contributed by atoms with Crippen molar-refractivity contribution in [1.82, 2.24) is 10.0 Å². The number of carbonyl (C=O) groups is 2. The normalized spacial score (nSPS) is 22.5. The third kappa shape index (κ3) is 6.27. The molecule has 3 aromatic carbocycles. The number of nitrogens with zero attached hydrogens (tertiary/aromatic N) is 1. The van der Waals surface area contributed by atoms with Crippen molar-refractivity contribution < 1.29 is 22.7 Å². The Morgan fingerprint density at radius 2 is 1.79 bits per heavy atom. The molecule has 1 saturated carbocycles. The summed E-state index contributed by atoms with van der Waals surface area (Å²) in [7, 11) is -4.16. The summed E-state index contributed by atoms with van der Waals surface area (Å²) in [5, 5.41) is 3.77. The summed E-state index contributed by atoms with van der Waals surface area (Å²) in [5.41, 5.74) is 3.90. The number of halogens is 1. The van der Waals surface area contributed by atoms with Gasteiger partial charge in [-0.3, -0.25) is 9.59 Å². The molecule has 3 aliphatic rings. The van der Waals surface area contributed by atoms with Gasteiger partial charge in [0.05, 0.1) is 17.0 Å². The SMILES string of the molecule is O=C1Cc2cccc(c2)C(=O)NC[C@@H]2CC[C@H]2CN2CCCCc3cc(Cl)ccc3COc3ccc(cc32)S(=O)(=O)N1. The average molecular weight is 608 g/mol. The maximum Gasteiger partial charge on any atom is 0.264 e. The van der Waals surface area contributed by atoms with Crippen LogP contribution in [0.15, 0.2) is 65.6 Å².